The Hall–Kier alpha value is -2.52. The maximum Gasteiger partial charge on any atom is 0.251 e. The van der Waals surface area contributed by atoms with Crippen molar-refractivity contribution in [1.82, 2.24) is 4.90 Å². The van der Waals surface area contributed by atoms with Crippen molar-refractivity contribution in [2.45, 2.75) is 77.0 Å². The summed E-state index contributed by atoms with van der Waals surface area (Å²) < 4.78 is 11.8. The van der Waals surface area contributed by atoms with Gasteiger partial charge in [-0.3, -0.25) is 4.79 Å². The minimum atomic E-state index is -0.936. The molecule has 3 rings (SSSR count). The summed E-state index contributed by atoms with van der Waals surface area (Å²) in [5.74, 6) is 1.02. The third kappa shape index (κ3) is 4.79. The predicted molar refractivity (Wildman–Crippen MR) is 114 cm³/mol. The number of ether oxygens (including phenoxy) is 2. The van der Waals surface area contributed by atoms with Crippen LogP contribution in [0.1, 0.15) is 76.5 Å². The van der Waals surface area contributed by atoms with Gasteiger partial charge in [0, 0.05) is 11.6 Å². The first-order valence-electron chi connectivity index (χ1n) is 10.9. The highest BCUT2D eigenvalue weighted by atomic mass is 16.5. The van der Waals surface area contributed by atoms with Gasteiger partial charge in [0.05, 0.1) is 30.8 Å². The Kier molecular flexibility index (Phi) is 7.04. The van der Waals surface area contributed by atoms with E-state index in [-0.39, 0.29) is 5.91 Å². The molecular weight excluding hydrogens is 380 g/mol. The highest BCUT2D eigenvalue weighted by Gasteiger charge is 2.47. The predicted octanol–water partition coefficient (Wildman–Crippen LogP) is 4.23. The number of fused-ring (bicyclic) bond motifs is 1. The molecule has 2 aliphatic heterocycles. The largest absolute Gasteiger partial charge is 0.496 e. The minimum Gasteiger partial charge on any atom is -0.496 e. The molecule has 0 spiro atoms. The maximum atomic E-state index is 12.8. The van der Waals surface area contributed by atoms with Crippen molar-refractivity contribution in [3.63, 3.8) is 0 Å². The Morgan fingerprint density at radius 3 is 2.73 bits per heavy atom. The van der Waals surface area contributed by atoms with E-state index in [2.05, 4.69) is 13.0 Å². The second-order valence-corrected chi connectivity index (χ2v) is 8.65. The number of aliphatic hydroxyl groups excluding tert-OH is 1. The van der Waals surface area contributed by atoms with Crippen LogP contribution in [-0.2, 0) is 9.53 Å². The van der Waals surface area contributed by atoms with Crippen LogP contribution in [0.25, 0.3) is 0 Å². The van der Waals surface area contributed by atoms with Gasteiger partial charge in [-0.2, -0.15) is 5.26 Å². The van der Waals surface area contributed by atoms with Crippen LogP contribution in [0.15, 0.2) is 30.0 Å². The second kappa shape index (κ2) is 9.53. The highest BCUT2D eigenvalue weighted by Crippen LogP contribution is 2.44. The van der Waals surface area contributed by atoms with Gasteiger partial charge in [-0.15, -0.1) is 0 Å². The first-order valence-corrected chi connectivity index (χ1v) is 10.9. The maximum absolute atomic E-state index is 12.8. The van der Waals surface area contributed by atoms with E-state index < -0.39 is 17.7 Å². The first kappa shape index (κ1) is 22.2. The number of aliphatic hydroxyl groups is 1. The monoisotopic (exact) mass is 412 g/mol. The van der Waals surface area contributed by atoms with E-state index in [1.807, 2.05) is 0 Å². The van der Waals surface area contributed by atoms with Crippen LogP contribution in [-0.4, -0.2) is 40.8 Å². The fraction of sp³-hybridized carbons (Fsp3) is 0.583. The smallest absolute Gasteiger partial charge is 0.251 e. The topological polar surface area (TPSA) is 82.8 Å². The molecule has 2 atom stereocenters. The molecule has 2 heterocycles. The molecule has 6 heteroatoms. The fourth-order valence-corrected chi connectivity index (χ4v) is 4.09. The van der Waals surface area contributed by atoms with Gasteiger partial charge in [-0.05, 0) is 38.5 Å². The van der Waals surface area contributed by atoms with Crippen molar-refractivity contribution in [3.05, 3.63) is 41.2 Å². The van der Waals surface area contributed by atoms with Crippen molar-refractivity contribution in [2.24, 2.45) is 0 Å². The fourth-order valence-electron chi connectivity index (χ4n) is 4.09. The van der Waals surface area contributed by atoms with Gasteiger partial charge < -0.3 is 19.5 Å². The first-order chi connectivity index (χ1) is 14.4. The summed E-state index contributed by atoms with van der Waals surface area (Å²) in [6, 6.07) is 6.63. The molecule has 0 saturated heterocycles. The zero-order valence-corrected chi connectivity index (χ0v) is 18.2. The van der Waals surface area contributed by atoms with E-state index in [1.165, 1.54) is 31.8 Å². The van der Waals surface area contributed by atoms with Crippen molar-refractivity contribution in [2.75, 3.05) is 13.2 Å². The number of nitriles is 1. The Balaban J connectivity index is 1.67. The molecule has 2 unspecified atom stereocenters. The van der Waals surface area contributed by atoms with Crippen LogP contribution in [0.2, 0.25) is 0 Å². The quantitative estimate of drug-likeness (QED) is 0.614. The molecule has 1 amide bonds. The summed E-state index contributed by atoms with van der Waals surface area (Å²) in [7, 11) is 0. The van der Waals surface area contributed by atoms with Gasteiger partial charge in [0.2, 0.25) is 0 Å². The van der Waals surface area contributed by atoms with Gasteiger partial charge >= 0.3 is 0 Å². The molecule has 0 fully saturated rings. The Bertz CT molecular complexity index is 840. The number of benzene rings is 1. The molecular formula is C24H32N2O4. The number of carbonyl (C=O) groups is 1. The van der Waals surface area contributed by atoms with E-state index >= 15 is 0 Å². The van der Waals surface area contributed by atoms with E-state index in [0.717, 1.165) is 12.8 Å². The molecule has 162 valence electrons. The van der Waals surface area contributed by atoms with Crippen molar-refractivity contribution >= 4 is 5.91 Å². The summed E-state index contributed by atoms with van der Waals surface area (Å²) in [6.07, 6.45) is 7.65. The third-order valence-electron chi connectivity index (χ3n) is 5.86. The standard InChI is InChI=1S/C24H32N2O4/c1-4-5-6-7-8-9-12-29-18-14-21(27)26(16-18)22-19-13-17(15-25)10-11-20(19)30-24(2,3)23(22)28/h10-11,13-14,22-23,28H,4-9,12,16H2,1-3H3. The summed E-state index contributed by atoms with van der Waals surface area (Å²) in [4.78, 5) is 14.4. The minimum absolute atomic E-state index is 0.192. The lowest BCUT2D eigenvalue weighted by molar-refractivity contribution is -0.137. The molecule has 0 aromatic heterocycles. The van der Waals surface area contributed by atoms with Crippen LogP contribution in [0.5, 0.6) is 5.75 Å². The number of hydrogen-bond donors (Lipinski definition) is 1. The number of rotatable bonds is 9. The Labute approximate surface area is 179 Å². The summed E-state index contributed by atoms with van der Waals surface area (Å²) in [5.41, 5.74) is 0.252. The molecule has 0 aliphatic carbocycles. The van der Waals surface area contributed by atoms with Gasteiger partial charge in [-0.1, -0.05) is 39.0 Å². The van der Waals surface area contributed by atoms with Crippen LogP contribution < -0.4 is 4.74 Å². The van der Waals surface area contributed by atoms with E-state index in [1.54, 1.807) is 36.9 Å². The van der Waals surface area contributed by atoms with E-state index in [4.69, 9.17) is 9.47 Å². The molecule has 1 N–H and O–H groups in total. The lowest BCUT2D eigenvalue weighted by Gasteiger charge is -2.45. The van der Waals surface area contributed by atoms with Gasteiger partial charge in [0.25, 0.3) is 5.91 Å². The lowest BCUT2D eigenvalue weighted by Crippen LogP contribution is -2.54. The van der Waals surface area contributed by atoms with Crippen LogP contribution in [0.3, 0.4) is 0 Å². The van der Waals surface area contributed by atoms with Crippen LogP contribution in [0, 0.1) is 11.3 Å². The average Bonchev–Trinajstić information content (AvgIpc) is 3.08. The molecule has 2 aliphatic rings. The second-order valence-electron chi connectivity index (χ2n) is 8.65. The molecule has 1 aromatic rings. The number of amides is 1. The molecule has 0 saturated carbocycles. The molecule has 0 bridgehead atoms. The summed E-state index contributed by atoms with van der Waals surface area (Å²) in [5, 5.41) is 20.3. The zero-order valence-electron chi connectivity index (χ0n) is 18.2. The molecule has 30 heavy (non-hydrogen) atoms. The molecule has 6 nitrogen and oxygen atoms in total. The van der Waals surface area contributed by atoms with Gasteiger partial charge in [0.1, 0.15) is 23.2 Å². The number of unbranched alkanes of at least 4 members (excludes halogenated alkanes) is 5. The number of carbonyl (C=O) groups excluding carboxylic acids is 1. The third-order valence-corrected chi connectivity index (χ3v) is 5.86. The van der Waals surface area contributed by atoms with Crippen molar-refractivity contribution in [1.29, 1.82) is 5.26 Å². The normalized spacial score (nSPS) is 22.2. The van der Waals surface area contributed by atoms with Crippen LogP contribution >= 0.6 is 0 Å². The lowest BCUT2D eigenvalue weighted by atomic mass is 9.85. The average molecular weight is 413 g/mol. The summed E-state index contributed by atoms with van der Waals surface area (Å²) in [6.45, 7) is 6.71. The molecule has 0 radical (unpaired) electrons. The Morgan fingerprint density at radius 2 is 2.00 bits per heavy atom. The SMILES string of the molecule is CCCCCCCCOC1=CC(=O)N(C2c3cc(C#N)ccc3OC(C)(C)C2O)C1. The number of nitrogens with zero attached hydrogens (tertiary/aromatic N) is 2. The highest BCUT2D eigenvalue weighted by molar-refractivity contribution is 5.91. The van der Waals surface area contributed by atoms with Crippen molar-refractivity contribution in [3.8, 4) is 11.8 Å². The van der Waals surface area contributed by atoms with Crippen LogP contribution in [0.4, 0.5) is 0 Å². The number of hydrogen-bond acceptors (Lipinski definition) is 5. The Morgan fingerprint density at radius 1 is 1.27 bits per heavy atom. The van der Waals surface area contributed by atoms with Gasteiger partial charge in [0.15, 0.2) is 0 Å². The van der Waals surface area contributed by atoms with E-state index in [0.29, 0.717) is 35.8 Å². The molecule has 1 aromatic carbocycles. The van der Waals surface area contributed by atoms with Crippen molar-refractivity contribution < 1.29 is 19.4 Å². The van der Waals surface area contributed by atoms with Gasteiger partial charge in [-0.25, -0.2) is 0 Å². The zero-order chi connectivity index (χ0) is 21.7. The summed E-state index contributed by atoms with van der Waals surface area (Å²) >= 11 is 0. The van der Waals surface area contributed by atoms with E-state index in [9.17, 15) is 15.2 Å².